The Balaban J connectivity index is 1.69. The second kappa shape index (κ2) is 7.85. The molecule has 1 N–H and O–H groups in total. The maximum absolute atomic E-state index is 12.3. The smallest absolute Gasteiger partial charge is 0.335 e. The average Bonchev–Trinajstić information content (AvgIpc) is 3.24. The van der Waals surface area contributed by atoms with E-state index < -0.39 is 24.3 Å². The van der Waals surface area contributed by atoms with E-state index in [-0.39, 0.29) is 6.61 Å². The standard InChI is InChI=1S/C22H24N2O5/c1-13-17(12-25)24-10-6-9-18(21(24)23-13)28-20-16-8-5-4-7-15(16)11-19(20)29-22(26)14(2)27-3/h4-10,14,19-20,25H,11-12H2,1-3H3/t14-,19?,20?/m1/s1. The van der Waals surface area contributed by atoms with Crippen molar-refractivity contribution in [1.29, 1.82) is 0 Å². The van der Waals surface area contributed by atoms with Crippen LogP contribution in [0.15, 0.2) is 42.6 Å². The minimum atomic E-state index is -0.648. The Morgan fingerprint density at radius 2 is 2.10 bits per heavy atom. The number of benzene rings is 1. The number of ether oxygens (including phenoxy) is 3. The molecule has 3 aromatic rings. The Hall–Kier alpha value is -2.90. The van der Waals surface area contributed by atoms with Gasteiger partial charge in [-0.25, -0.2) is 9.78 Å². The van der Waals surface area contributed by atoms with Gasteiger partial charge in [-0.05, 0) is 37.1 Å². The maximum atomic E-state index is 12.3. The fourth-order valence-corrected chi connectivity index (χ4v) is 3.73. The topological polar surface area (TPSA) is 82.3 Å². The fourth-order valence-electron chi connectivity index (χ4n) is 3.73. The van der Waals surface area contributed by atoms with Gasteiger partial charge in [0.05, 0.1) is 18.0 Å². The number of esters is 1. The lowest BCUT2D eigenvalue weighted by Gasteiger charge is -2.23. The number of nitrogens with zero attached hydrogens (tertiary/aromatic N) is 2. The lowest BCUT2D eigenvalue weighted by molar-refractivity contribution is -0.163. The van der Waals surface area contributed by atoms with Gasteiger partial charge in [0, 0.05) is 19.7 Å². The van der Waals surface area contributed by atoms with Gasteiger partial charge >= 0.3 is 5.97 Å². The molecule has 7 nitrogen and oxygen atoms in total. The summed E-state index contributed by atoms with van der Waals surface area (Å²) in [4.78, 5) is 16.9. The third-order valence-corrected chi connectivity index (χ3v) is 5.39. The molecular formula is C22H24N2O5. The largest absolute Gasteiger partial charge is 0.478 e. The maximum Gasteiger partial charge on any atom is 0.335 e. The molecule has 2 aromatic heterocycles. The number of carbonyl (C=O) groups excluding carboxylic acids is 1. The lowest BCUT2D eigenvalue weighted by atomic mass is 10.1. The molecule has 152 valence electrons. The zero-order valence-electron chi connectivity index (χ0n) is 16.7. The number of methoxy groups -OCH3 is 1. The van der Waals surface area contributed by atoms with E-state index in [1.165, 1.54) is 7.11 Å². The summed E-state index contributed by atoms with van der Waals surface area (Å²) >= 11 is 0. The second-order valence-corrected chi connectivity index (χ2v) is 7.16. The van der Waals surface area contributed by atoms with Crippen LogP contribution in [0.1, 0.15) is 35.5 Å². The molecular weight excluding hydrogens is 372 g/mol. The minimum absolute atomic E-state index is 0.113. The van der Waals surface area contributed by atoms with Gasteiger partial charge in [-0.2, -0.15) is 0 Å². The molecule has 29 heavy (non-hydrogen) atoms. The molecule has 0 spiro atoms. The van der Waals surface area contributed by atoms with Gasteiger partial charge in [-0.1, -0.05) is 24.3 Å². The summed E-state index contributed by atoms with van der Waals surface area (Å²) in [6.45, 7) is 3.40. The molecule has 0 fully saturated rings. The van der Waals surface area contributed by atoms with Gasteiger partial charge in [0.1, 0.15) is 6.10 Å². The van der Waals surface area contributed by atoms with E-state index in [1.807, 2.05) is 53.9 Å². The predicted octanol–water partition coefficient (Wildman–Crippen LogP) is 2.76. The number of aliphatic hydroxyl groups excluding tert-OH is 1. The number of imidazole rings is 1. The highest BCUT2D eigenvalue weighted by atomic mass is 16.6. The predicted molar refractivity (Wildman–Crippen MR) is 106 cm³/mol. The summed E-state index contributed by atoms with van der Waals surface area (Å²) in [5.41, 5.74) is 4.15. The molecule has 0 saturated carbocycles. The fraction of sp³-hybridized carbons (Fsp3) is 0.364. The monoisotopic (exact) mass is 396 g/mol. The number of rotatable bonds is 6. The molecule has 1 aliphatic rings. The van der Waals surface area contributed by atoms with Crippen LogP contribution in [-0.4, -0.2) is 39.8 Å². The Bertz CT molecular complexity index is 1040. The third kappa shape index (κ3) is 3.47. The number of hydrogen-bond donors (Lipinski definition) is 1. The number of aliphatic hydroxyl groups is 1. The van der Waals surface area contributed by atoms with Crippen molar-refractivity contribution in [2.75, 3.05) is 7.11 Å². The molecule has 0 amide bonds. The van der Waals surface area contributed by atoms with Gasteiger partial charge in [0.2, 0.25) is 0 Å². The summed E-state index contributed by atoms with van der Waals surface area (Å²) in [5, 5.41) is 9.66. The van der Waals surface area contributed by atoms with Crippen molar-refractivity contribution < 1.29 is 24.1 Å². The van der Waals surface area contributed by atoms with E-state index in [9.17, 15) is 9.90 Å². The number of aromatic nitrogens is 2. The van der Waals surface area contributed by atoms with Crippen molar-refractivity contribution in [3.05, 3.63) is 65.1 Å². The van der Waals surface area contributed by atoms with Crippen LogP contribution in [0.5, 0.6) is 5.75 Å². The van der Waals surface area contributed by atoms with E-state index in [2.05, 4.69) is 4.98 Å². The summed E-state index contributed by atoms with van der Waals surface area (Å²) < 4.78 is 19.0. The zero-order valence-corrected chi connectivity index (χ0v) is 16.7. The molecule has 3 atom stereocenters. The molecule has 1 aliphatic carbocycles. The highest BCUT2D eigenvalue weighted by Gasteiger charge is 2.38. The molecule has 4 rings (SSSR count). The molecule has 1 aromatic carbocycles. The first kappa shape index (κ1) is 19.4. The first-order chi connectivity index (χ1) is 14.0. The van der Waals surface area contributed by atoms with Crippen LogP contribution < -0.4 is 4.74 Å². The molecule has 0 aliphatic heterocycles. The first-order valence-electron chi connectivity index (χ1n) is 9.58. The van der Waals surface area contributed by atoms with Crippen molar-refractivity contribution in [1.82, 2.24) is 9.38 Å². The van der Waals surface area contributed by atoms with E-state index in [0.717, 1.165) is 16.8 Å². The van der Waals surface area contributed by atoms with Gasteiger partial charge < -0.3 is 19.3 Å². The quantitative estimate of drug-likeness (QED) is 0.645. The van der Waals surface area contributed by atoms with Crippen molar-refractivity contribution >= 4 is 11.6 Å². The van der Waals surface area contributed by atoms with Crippen LogP contribution in [0.2, 0.25) is 0 Å². The molecule has 2 unspecified atom stereocenters. The number of fused-ring (bicyclic) bond motifs is 2. The van der Waals surface area contributed by atoms with Gasteiger partial charge in [0.25, 0.3) is 0 Å². The molecule has 0 radical (unpaired) electrons. The van der Waals surface area contributed by atoms with E-state index in [1.54, 1.807) is 6.92 Å². The van der Waals surface area contributed by atoms with Gasteiger partial charge in [0.15, 0.2) is 23.6 Å². The lowest BCUT2D eigenvalue weighted by Crippen LogP contribution is -2.31. The summed E-state index contributed by atoms with van der Waals surface area (Å²) in [6, 6.07) is 11.6. The molecule has 7 heteroatoms. The van der Waals surface area contributed by atoms with Crippen molar-refractivity contribution in [3.63, 3.8) is 0 Å². The second-order valence-electron chi connectivity index (χ2n) is 7.16. The zero-order chi connectivity index (χ0) is 20.5. The van der Waals surface area contributed by atoms with E-state index >= 15 is 0 Å². The number of hydrogen-bond acceptors (Lipinski definition) is 6. The van der Waals surface area contributed by atoms with Gasteiger partial charge in [-0.3, -0.25) is 4.40 Å². The SMILES string of the molecule is CO[C@H](C)C(=O)OC1Cc2ccccc2C1Oc1cccn2c(CO)c(C)nc12. The Morgan fingerprint density at radius 3 is 2.86 bits per heavy atom. The average molecular weight is 396 g/mol. The van der Waals surface area contributed by atoms with Crippen LogP contribution in [0.25, 0.3) is 5.65 Å². The third-order valence-electron chi connectivity index (χ3n) is 5.39. The Morgan fingerprint density at radius 1 is 1.31 bits per heavy atom. The Labute approximate surface area is 168 Å². The van der Waals surface area contributed by atoms with Crippen LogP contribution in [0.3, 0.4) is 0 Å². The van der Waals surface area contributed by atoms with Crippen molar-refractivity contribution in [2.45, 2.75) is 45.2 Å². The Kier molecular flexibility index (Phi) is 5.25. The van der Waals surface area contributed by atoms with Crippen molar-refractivity contribution in [3.8, 4) is 5.75 Å². The highest BCUT2D eigenvalue weighted by Crippen LogP contribution is 2.38. The highest BCUT2D eigenvalue weighted by molar-refractivity contribution is 5.74. The molecule has 0 saturated heterocycles. The number of pyridine rings is 1. The molecule has 2 heterocycles. The summed E-state index contributed by atoms with van der Waals surface area (Å²) in [5.74, 6) is 0.147. The van der Waals surface area contributed by atoms with Gasteiger partial charge in [-0.15, -0.1) is 0 Å². The number of aryl methyl sites for hydroxylation is 1. The van der Waals surface area contributed by atoms with Crippen LogP contribution >= 0.6 is 0 Å². The van der Waals surface area contributed by atoms with Crippen molar-refractivity contribution in [2.24, 2.45) is 0 Å². The molecule has 0 bridgehead atoms. The van der Waals surface area contributed by atoms with Crippen LogP contribution in [-0.2, 0) is 27.3 Å². The normalized spacial score (nSPS) is 19.2. The number of carbonyl (C=O) groups is 1. The van der Waals surface area contributed by atoms with E-state index in [0.29, 0.717) is 23.5 Å². The summed E-state index contributed by atoms with van der Waals surface area (Å²) in [6.07, 6.45) is 0.839. The summed E-state index contributed by atoms with van der Waals surface area (Å²) in [7, 11) is 1.48. The van der Waals surface area contributed by atoms with E-state index in [4.69, 9.17) is 14.2 Å². The minimum Gasteiger partial charge on any atom is -0.478 e. The van der Waals surface area contributed by atoms with Crippen LogP contribution in [0.4, 0.5) is 0 Å². The first-order valence-corrected chi connectivity index (χ1v) is 9.58. The van der Waals surface area contributed by atoms with Crippen LogP contribution in [0, 0.1) is 6.92 Å².